The average molecular weight is 311 g/mol. The van der Waals surface area contributed by atoms with Crippen LogP contribution < -0.4 is 5.73 Å². The van der Waals surface area contributed by atoms with E-state index in [0.717, 1.165) is 11.0 Å². The van der Waals surface area contributed by atoms with Gasteiger partial charge in [0.1, 0.15) is 30.5 Å². The highest BCUT2D eigenvalue weighted by Crippen LogP contribution is 2.32. The number of aromatic nitrogens is 4. The molecular weight excluding hydrogens is 298 g/mol. The zero-order valence-corrected chi connectivity index (χ0v) is 11.1. The fourth-order valence-corrected chi connectivity index (χ4v) is 2.40. The van der Waals surface area contributed by atoms with Crippen molar-refractivity contribution < 1.29 is 30.0 Å². The van der Waals surface area contributed by atoms with Crippen LogP contribution in [0.1, 0.15) is 16.7 Å². The van der Waals surface area contributed by atoms with E-state index in [1.54, 1.807) is 0 Å². The van der Waals surface area contributed by atoms with Gasteiger partial charge in [-0.1, -0.05) is 0 Å². The highest BCUT2D eigenvalue weighted by molar-refractivity contribution is 6.04. The van der Waals surface area contributed by atoms with E-state index in [4.69, 9.17) is 15.6 Å². The lowest BCUT2D eigenvalue weighted by Gasteiger charge is -2.15. The normalized spacial score (nSPS) is 28.3. The largest absolute Gasteiger partial charge is 0.476 e. The zero-order chi connectivity index (χ0) is 16.0. The van der Waals surface area contributed by atoms with Gasteiger partial charge < -0.3 is 30.9 Å². The van der Waals surface area contributed by atoms with E-state index >= 15 is 0 Å². The number of carboxylic acid groups (broad SMARTS) is 1. The first-order chi connectivity index (χ1) is 10.5. The van der Waals surface area contributed by atoms with Crippen LogP contribution >= 0.6 is 0 Å². The molecule has 0 spiro atoms. The monoisotopic (exact) mass is 311 g/mol. The minimum Gasteiger partial charge on any atom is -0.476 e. The maximum absolute atomic E-state index is 11.3. The third-order valence-electron chi connectivity index (χ3n) is 3.48. The number of aromatic carboxylic acids is 1. The molecule has 0 aliphatic carbocycles. The molecule has 0 unspecified atom stereocenters. The zero-order valence-electron chi connectivity index (χ0n) is 11.1. The molecule has 0 radical (unpaired) electrons. The van der Waals surface area contributed by atoms with Crippen molar-refractivity contribution in [3.63, 3.8) is 0 Å². The molecule has 1 saturated heterocycles. The van der Waals surface area contributed by atoms with Crippen molar-refractivity contribution in [2.75, 3.05) is 12.3 Å². The first-order valence-corrected chi connectivity index (χ1v) is 6.30. The number of fused-ring (bicyclic) bond motifs is 1. The van der Waals surface area contributed by atoms with Crippen LogP contribution in [-0.2, 0) is 4.74 Å². The maximum atomic E-state index is 11.3. The number of hydrogen-bond acceptors (Lipinski definition) is 9. The summed E-state index contributed by atoms with van der Waals surface area (Å²) < 4.78 is 6.33. The number of nitrogens with two attached hydrogens (primary N) is 1. The molecular formula is C11H13N5O6. The highest BCUT2D eigenvalue weighted by atomic mass is 16.6. The Hall–Kier alpha value is -2.34. The lowest BCUT2D eigenvalue weighted by molar-refractivity contribution is -0.0568. The molecule has 2 aromatic heterocycles. The van der Waals surface area contributed by atoms with Crippen LogP contribution in [0.3, 0.4) is 0 Å². The van der Waals surface area contributed by atoms with Gasteiger partial charge in [-0.2, -0.15) is 5.10 Å². The van der Waals surface area contributed by atoms with Crippen molar-refractivity contribution in [3.05, 3.63) is 12.0 Å². The molecule has 1 aliphatic heterocycles. The smallest absolute Gasteiger partial charge is 0.357 e. The van der Waals surface area contributed by atoms with Crippen LogP contribution in [0, 0.1) is 0 Å². The summed E-state index contributed by atoms with van der Waals surface area (Å²) in [6.45, 7) is -0.517. The van der Waals surface area contributed by atoms with Crippen molar-refractivity contribution in [2.24, 2.45) is 0 Å². The van der Waals surface area contributed by atoms with E-state index in [-0.39, 0.29) is 16.9 Å². The molecule has 0 aromatic carbocycles. The Morgan fingerprint density at radius 3 is 2.68 bits per heavy atom. The Morgan fingerprint density at radius 2 is 2.09 bits per heavy atom. The molecule has 0 amide bonds. The third-order valence-corrected chi connectivity index (χ3v) is 3.48. The topological polar surface area (TPSA) is 177 Å². The predicted octanol–water partition coefficient (Wildman–Crippen LogP) is -2.28. The first-order valence-electron chi connectivity index (χ1n) is 6.30. The number of carbonyl (C=O) groups is 1. The number of ether oxygens (including phenoxy) is 1. The fraction of sp³-hybridized carbons (Fsp3) is 0.455. The van der Waals surface area contributed by atoms with Crippen molar-refractivity contribution in [2.45, 2.75) is 24.5 Å². The van der Waals surface area contributed by atoms with Crippen molar-refractivity contribution in [1.29, 1.82) is 0 Å². The Bertz CT molecular complexity index is 733. The quantitative estimate of drug-likeness (QED) is 0.414. The van der Waals surface area contributed by atoms with Gasteiger partial charge in [0.05, 0.1) is 12.0 Å². The van der Waals surface area contributed by atoms with E-state index in [0.29, 0.717) is 0 Å². The molecule has 0 saturated carbocycles. The summed E-state index contributed by atoms with van der Waals surface area (Å²) in [5.41, 5.74) is 5.31. The van der Waals surface area contributed by atoms with Gasteiger partial charge in [-0.05, 0) is 0 Å². The Kier molecular flexibility index (Phi) is 3.41. The highest BCUT2D eigenvalue weighted by Gasteiger charge is 2.45. The van der Waals surface area contributed by atoms with E-state index in [9.17, 15) is 20.1 Å². The number of aliphatic hydroxyl groups is 3. The van der Waals surface area contributed by atoms with E-state index in [2.05, 4.69) is 15.1 Å². The molecule has 118 valence electrons. The van der Waals surface area contributed by atoms with Crippen molar-refractivity contribution in [3.8, 4) is 0 Å². The number of hydrogen-bond donors (Lipinski definition) is 5. The first kappa shape index (κ1) is 14.6. The van der Waals surface area contributed by atoms with Gasteiger partial charge in [0.2, 0.25) is 0 Å². The molecule has 3 rings (SSSR count). The summed E-state index contributed by atoms with van der Waals surface area (Å²) in [6, 6.07) is 0. The molecule has 22 heavy (non-hydrogen) atoms. The summed E-state index contributed by atoms with van der Waals surface area (Å²) in [4.78, 5) is 18.9. The SMILES string of the molecule is Nc1ncnc2c1c(C(=O)O)nn2[C@@H]1O[C@H](CO)[C@@H](O)[C@H]1O. The second-order valence-electron chi connectivity index (χ2n) is 4.78. The van der Waals surface area contributed by atoms with E-state index in [1.165, 1.54) is 0 Å². The minimum atomic E-state index is -1.42. The summed E-state index contributed by atoms with van der Waals surface area (Å²) in [5, 5.41) is 42.0. The van der Waals surface area contributed by atoms with Crippen molar-refractivity contribution in [1.82, 2.24) is 19.7 Å². The van der Waals surface area contributed by atoms with Gasteiger partial charge in [0.15, 0.2) is 17.6 Å². The van der Waals surface area contributed by atoms with E-state index in [1.807, 2.05) is 0 Å². The maximum Gasteiger partial charge on any atom is 0.357 e. The number of nitrogens with zero attached hydrogens (tertiary/aromatic N) is 4. The second-order valence-corrected chi connectivity index (χ2v) is 4.78. The van der Waals surface area contributed by atoms with Crippen LogP contribution in [-0.4, -0.2) is 71.1 Å². The molecule has 2 aromatic rings. The molecule has 11 heteroatoms. The number of nitrogen functional groups attached to an aromatic ring is 1. The molecule has 6 N–H and O–H groups in total. The molecule has 3 heterocycles. The van der Waals surface area contributed by atoms with Crippen molar-refractivity contribution >= 4 is 22.8 Å². The second kappa shape index (κ2) is 5.14. The minimum absolute atomic E-state index is 0.00717. The summed E-state index contributed by atoms with van der Waals surface area (Å²) in [6.07, 6.45) is -3.88. The van der Waals surface area contributed by atoms with E-state index < -0.39 is 42.8 Å². The van der Waals surface area contributed by atoms with Crippen LogP contribution in [0.15, 0.2) is 6.33 Å². The lowest BCUT2D eigenvalue weighted by atomic mass is 10.1. The van der Waals surface area contributed by atoms with Crippen LogP contribution in [0.5, 0.6) is 0 Å². The number of anilines is 1. The van der Waals surface area contributed by atoms with Gasteiger partial charge >= 0.3 is 5.97 Å². The van der Waals surface area contributed by atoms with Crippen LogP contribution in [0.2, 0.25) is 0 Å². The molecule has 1 aliphatic rings. The van der Waals surface area contributed by atoms with Gasteiger partial charge in [0.25, 0.3) is 0 Å². The van der Waals surface area contributed by atoms with Gasteiger partial charge in [-0.15, -0.1) is 0 Å². The predicted molar refractivity (Wildman–Crippen MR) is 69.7 cm³/mol. The summed E-state index contributed by atoms with van der Waals surface area (Å²) in [7, 11) is 0. The molecule has 4 atom stereocenters. The Balaban J connectivity index is 2.16. The van der Waals surface area contributed by atoms with Gasteiger partial charge in [0, 0.05) is 0 Å². The molecule has 0 bridgehead atoms. The van der Waals surface area contributed by atoms with Crippen LogP contribution in [0.25, 0.3) is 11.0 Å². The number of carboxylic acids is 1. The number of rotatable bonds is 3. The van der Waals surface area contributed by atoms with Gasteiger partial charge in [-0.3, -0.25) is 0 Å². The summed E-state index contributed by atoms with van der Waals surface area (Å²) >= 11 is 0. The van der Waals surface area contributed by atoms with Crippen LogP contribution in [0.4, 0.5) is 5.82 Å². The van der Waals surface area contributed by atoms with Gasteiger partial charge in [-0.25, -0.2) is 19.4 Å². The average Bonchev–Trinajstić information content (AvgIpc) is 3.00. The fourth-order valence-electron chi connectivity index (χ4n) is 2.40. The Labute approximate surface area is 122 Å². The Morgan fingerprint density at radius 1 is 1.36 bits per heavy atom. The lowest BCUT2D eigenvalue weighted by Crippen LogP contribution is -2.33. The third kappa shape index (κ3) is 1.99. The molecule has 11 nitrogen and oxygen atoms in total. The number of aliphatic hydroxyl groups excluding tert-OH is 3. The molecule has 1 fully saturated rings. The standard InChI is InChI=1S/C11H13N5O6/c12-8-4-5(11(20)21)15-16(9(4)14-2-13-8)10-7(19)6(18)3(1-17)22-10/h2-3,6-7,10,17-19H,1H2,(H,20,21)(H2,12,13,14)/t3-,6-,7-,10-/m1/s1. The summed E-state index contributed by atoms with van der Waals surface area (Å²) in [5.74, 6) is -1.43.